The molecule has 0 radical (unpaired) electrons. The summed E-state index contributed by atoms with van der Waals surface area (Å²) < 4.78 is 33.4. The Morgan fingerprint density at radius 3 is 2.57 bits per heavy atom. The van der Waals surface area contributed by atoms with Crippen LogP contribution in [0.15, 0.2) is 59.8 Å². The van der Waals surface area contributed by atoms with Crippen molar-refractivity contribution >= 4 is 16.0 Å². The molecule has 28 heavy (non-hydrogen) atoms. The Morgan fingerprint density at radius 1 is 1.25 bits per heavy atom. The lowest BCUT2D eigenvalue weighted by Crippen LogP contribution is -2.60. The van der Waals surface area contributed by atoms with E-state index in [-0.39, 0.29) is 16.7 Å². The van der Waals surface area contributed by atoms with E-state index in [9.17, 15) is 17.8 Å². The highest BCUT2D eigenvalue weighted by atomic mass is 32.2. The Hall–Kier alpha value is -2.88. The van der Waals surface area contributed by atoms with Crippen molar-refractivity contribution in [2.75, 3.05) is 6.54 Å². The van der Waals surface area contributed by atoms with Gasteiger partial charge in [-0.05, 0) is 41.3 Å². The molecule has 1 amide bonds. The minimum atomic E-state index is -4.41. The van der Waals surface area contributed by atoms with Gasteiger partial charge in [-0.15, -0.1) is 0 Å². The molecule has 1 fully saturated rings. The minimum absolute atomic E-state index is 0.192. The van der Waals surface area contributed by atoms with E-state index in [4.69, 9.17) is 4.84 Å². The van der Waals surface area contributed by atoms with E-state index in [1.54, 1.807) is 0 Å². The lowest BCUT2D eigenvalue weighted by atomic mass is 9.80. The summed E-state index contributed by atoms with van der Waals surface area (Å²) in [6.07, 6.45) is 2.84. The van der Waals surface area contributed by atoms with Crippen LogP contribution >= 0.6 is 0 Å². The maximum atomic E-state index is 12.6. The van der Waals surface area contributed by atoms with Gasteiger partial charge in [0.2, 0.25) is 0 Å². The molecular weight excluding hydrogens is 382 g/mol. The van der Waals surface area contributed by atoms with E-state index >= 15 is 0 Å². The van der Waals surface area contributed by atoms with Crippen LogP contribution in [0.3, 0.4) is 0 Å². The van der Waals surface area contributed by atoms with Crippen molar-refractivity contribution < 1.29 is 22.6 Å². The zero-order chi connectivity index (χ0) is 19.9. The van der Waals surface area contributed by atoms with Crippen LogP contribution in [0.1, 0.15) is 17.0 Å². The molecule has 2 aliphatic rings. The standard InChI is InChI=1S/C19H19N3O5S/c1-12-15(13-5-3-2-4-6-13)9-14(28(24,25)26)10-16(12)17-11-20-18(17)19(23)22-21-7-8-27-22/h2-10,17-18,20-21H,11H2,1H3,(H,24,25,26). The fourth-order valence-electron chi connectivity index (χ4n) is 3.53. The summed E-state index contributed by atoms with van der Waals surface area (Å²) >= 11 is 0. The Bertz CT molecular complexity index is 1040. The zero-order valence-electron chi connectivity index (χ0n) is 15.0. The van der Waals surface area contributed by atoms with Gasteiger partial charge in [0.1, 0.15) is 12.3 Å². The molecule has 2 atom stereocenters. The van der Waals surface area contributed by atoms with Gasteiger partial charge >= 0.3 is 0 Å². The van der Waals surface area contributed by atoms with E-state index < -0.39 is 16.2 Å². The molecule has 0 spiro atoms. The Morgan fingerprint density at radius 2 is 2.00 bits per heavy atom. The second kappa shape index (κ2) is 6.93. The van der Waals surface area contributed by atoms with Crippen molar-refractivity contribution in [2.45, 2.75) is 23.8 Å². The Kier molecular flexibility index (Phi) is 4.58. The second-order valence-corrected chi connectivity index (χ2v) is 8.11. The fourth-order valence-corrected chi connectivity index (χ4v) is 4.07. The van der Waals surface area contributed by atoms with Crippen molar-refractivity contribution in [3.05, 3.63) is 66.1 Å². The molecule has 2 aromatic rings. The number of hydrazine groups is 1. The van der Waals surface area contributed by atoms with Crippen LogP contribution in [-0.2, 0) is 19.8 Å². The van der Waals surface area contributed by atoms with Crippen LogP contribution in [0.25, 0.3) is 11.1 Å². The molecule has 2 unspecified atom stereocenters. The molecule has 1 saturated heterocycles. The summed E-state index contributed by atoms with van der Waals surface area (Å²) in [5.74, 6) is -0.582. The molecule has 2 aliphatic heterocycles. The van der Waals surface area contributed by atoms with Gasteiger partial charge in [0.15, 0.2) is 0 Å². The van der Waals surface area contributed by atoms with Crippen LogP contribution in [-0.4, -0.2) is 36.6 Å². The number of hydroxylamine groups is 1. The molecule has 0 bridgehead atoms. The largest absolute Gasteiger partial charge is 0.363 e. The van der Waals surface area contributed by atoms with Gasteiger partial charge in [-0.2, -0.15) is 8.42 Å². The van der Waals surface area contributed by atoms with Crippen LogP contribution in [0.2, 0.25) is 0 Å². The molecule has 3 N–H and O–H groups in total. The van der Waals surface area contributed by atoms with Gasteiger partial charge in [-0.1, -0.05) is 35.5 Å². The van der Waals surface area contributed by atoms with Gasteiger partial charge in [0.25, 0.3) is 16.0 Å². The van der Waals surface area contributed by atoms with Gasteiger partial charge in [0.05, 0.1) is 11.1 Å². The smallest absolute Gasteiger partial charge is 0.295 e. The first-order chi connectivity index (χ1) is 13.4. The number of hydrogen-bond acceptors (Lipinski definition) is 6. The molecule has 4 rings (SSSR count). The summed E-state index contributed by atoms with van der Waals surface area (Å²) in [4.78, 5) is 17.5. The van der Waals surface area contributed by atoms with E-state index in [0.29, 0.717) is 17.7 Å². The predicted molar refractivity (Wildman–Crippen MR) is 101 cm³/mol. The maximum absolute atomic E-state index is 12.6. The van der Waals surface area contributed by atoms with Crippen molar-refractivity contribution in [2.24, 2.45) is 0 Å². The Balaban J connectivity index is 1.77. The number of rotatable bonds is 4. The second-order valence-electron chi connectivity index (χ2n) is 6.69. The fraction of sp³-hybridized carbons (Fsp3) is 0.211. The summed E-state index contributed by atoms with van der Waals surface area (Å²) in [6.45, 7) is 2.39. The number of carbonyl (C=O) groups excluding carboxylic acids is 1. The van der Waals surface area contributed by atoms with Crippen molar-refractivity contribution in [3.8, 4) is 11.1 Å². The summed E-state index contributed by atoms with van der Waals surface area (Å²) in [5, 5.41) is 4.08. The highest BCUT2D eigenvalue weighted by Crippen LogP contribution is 2.37. The molecule has 9 heteroatoms. The summed E-state index contributed by atoms with van der Waals surface area (Å²) in [6, 6.07) is 11.6. The van der Waals surface area contributed by atoms with Crippen LogP contribution in [0.4, 0.5) is 0 Å². The average Bonchev–Trinajstić information content (AvgIpc) is 3.17. The first-order valence-corrected chi connectivity index (χ1v) is 10.1. The number of benzene rings is 2. The van der Waals surface area contributed by atoms with Gasteiger partial charge in [-0.3, -0.25) is 14.8 Å². The van der Waals surface area contributed by atoms with Crippen molar-refractivity contribution in [1.82, 2.24) is 15.9 Å². The predicted octanol–water partition coefficient (Wildman–Crippen LogP) is 1.71. The zero-order valence-corrected chi connectivity index (χ0v) is 15.8. The van der Waals surface area contributed by atoms with Crippen molar-refractivity contribution in [3.63, 3.8) is 0 Å². The third kappa shape index (κ3) is 3.24. The van der Waals surface area contributed by atoms with Crippen molar-refractivity contribution in [1.29, 1.82) is 0 Å². The molecule has 2 aromatic carbocycles. The summed E-state index contributed by atoms with van der Waals surface area (Å²) in [7, 11) is -4.41. The number of hydrogen-bond donors (Lipinski definition) is 3. The SMILES string of the molecule is Cc1c(-c2ccccc2)cc(S(=O)(=O)O)cc1C1CNC1C(=O)N1NC=CO1. The molecule has 0 aromatic heterocycles. The third-order valence-corrected chi connectivity index (χ3v) is 5.89. The van der Waals surface area contributed by atoms with E-state index in [2.05, 4.69) is 10.7 Å². The Labute approximate surface area is 162 Å². The highest BCUT2D eigenvalue weighted by molar-refractivity contribution is 7.85. The third-order valence-electron chi connectivity index (χ3n) is 5.06. The number of amides is 1. The minimum Gasteiger partial charge on any atom is -0.363 e. The lowest BCUT2D eigenvalue weighted by Gasteiger charge is -2.39. The number of nitrogens with one attached hydrogen (secondary N) is 2. The normalized spacial score (nSPS) is 21.0. The van der Waals surface area contributed by atoms with Crippen LogP contribution in [0.5, 0.6) is 0 Å². The van der Waals surface area contributed by atoms with E-state index in [1.165, 1.54) is 24.6 Å². The van der Waals surface area contributed by atoms with Gasteiger partial charge in [-0.25, -0.2) is 0 Å². The number of nitrogens with zero attached hydrogens (tertiary/aromatic N) is 1. The lowest BCUT2D eigenvalue weighted by molar-refractivity contribution is -0.176. The highest BCUT2D eigenvalue weighted by Gasteiger charge is 2.42. The molecule has 8 nitrogen and oxygen atoms in total. The van der Waals surface area contributed by atoms with Gasteiger partial charge in [0, 0.05) is 12.5 Å². The topological polar surface area (TPSA) is 108 Å². The molecular formula is C19H19N3O5S. The molecule has 146 valence electrons. The number of carbonyl (C=O) groups is 1. The van der Waals surface area contributed by atoms with Crippen LogP contribution < -0.4 is 10.7 Å². The van der Waals surface area contributed by atoms with E-state index in [1.807, 2.05) is 37.3 Å². The van der Waals surface area contributed by atoms with E-state index in [0.717, 1.165) is 16.3 Å². The maximum Gasteiger partial charge on any atom is 0.295 e. The molecule has 2 heterocycles. The van der Waals surface area contributed by atoms with Crippen LogP contribution in [0, 0.1) is 6.92 Å². The van der Waals surface area contributed by atoms with Gasteiger partial charge < -0.3 is 10.2 Å². The first kappa shape index (κ1) is 18.5. The average molecular weight is 401 g/mol. The monoisotopic (exact) mass is 401 g/mol. The quantitative estimate of drug-likeness (QED) is 0.670. The molecule has 0 aliphatic carbocycles. The first-order valence-electron chi connectivity index (χ1n) is 8.69. The summed E-state index contributed by atoms with van der Waals surface area (Å²) in [5.41, 5.74) is 5.75. The molecule has 0 saturated carbocycles.